The van der Waals surface area contributed by atoms with Gasteiger partial charge in [0.2, 0.25) is 0 Å². The molecular formula is C12H14N2O3. The normalized spacial score (nSPS) is 13.5. The zero-order chi connectivity index (χ0) is 12.9. The summed E-state index contributed by atoms with van der Waals surface area (Å²) >= 11 is 0. The quantitative estimate of drug-likeness (QED) is 0.711. The number of carboxylic acid groups (broad SMARTS) is 1. The molecule has 5 heteroatoms. The Bertz CT molecular complexity index is 449. The van der Waals surface area contributed by atoms with Gasteiger partial charge in [0.25, 0.3) is 0 Å². The van der Waals surface area contributed by atoms with Crippen LogP contribution in [0.4, 0.5) is 5.69 Å². The predicted octanol–water partition coefficient (Wildman–Crippen LogP) is 1.20. The molecule has 90 valence electrons. The summed E-state index contributed by atoms with van der Waals surface area (Å²) in [6.07, 6.45) is -0.352. The second-order valence-corrected chi connectivity index (χ2v) is 4.08. The number of carbonyl (C=O) groups is 1. The van der Waals surface area contributed by atoms with Gasteiger partial charge in [-0.15, -0.1) is 0 Å². The van der Waals surface area contributed by atoms with Crippen molar-refractivity contribution < 1.29 is 15.0 Å². The van der Waals surface area contributed by atoms with Crippen molar-refractivity contribution in [1.29, 1.82) is 5.26 Å². The number of hydrogen-bond acceptors (Lipinski definition) is 4. The third kappa shape index (κ3) is 4.13. The SMILES string of the molecule is CC(O)(CNc1ccccc1C#N)CC(=O)O. The lowest BCUT2D eigenvalue weighted by molar-refractivity contribution is -0.141. The minimum Gasteiger partial charge on any atom is -0.481 e. The molecule has 0 aromatic heterocycles. The maximum Gasteiger partial charge on any atom is 0.306 e. The summed E-state index contributed by atoms with van der Waals surface area (Å²) in [5.74, 6) is -1.06. The molecule has 5 nitrogen and oxygen atoms in total. The average molecular weight is 234 g/mol. The van der Waals surface area contributed by atoms with Gasteiger partial charge in [-0.3, -0.25) is 4.79 Å². The molecule has 0 spiro atoms. The predicted molar refractivity (Wildman–Crippen MR) is 62.5 cm³/mol. The first-order valence-electron chi connectivity index (χ1n) is 5.12. The fraction of sp³-hybridized carbons (Fsp3) is 0.333. The number of para-hydroxylation sites is 1. The monoisotopic (exact) mass is 234 g/mol. The van der Waals surface area contributed by atoms with Crippen molar-refractivity contribution in [2.45, 2.75) is 18.9 Å². The first-order chi connectivity index (χ1) is 7.94. The van der Waals surface area contributed by atoms with Crippen LogP contribution in [0, 0.1) is 11.3 Å². The molecule has 0 heterocycles. The van der Waals surface area contributed by atoms with Gasteiger partial charge in [0.1, 0.15) is 6.07 Å². The van der Waals surface area contributed by atoms with Crippen molar-refractivity contribution in [1.82, 2.24) is 0 Å². The Kier molecular flexibility index (Phi) is 4.07. The molecule has 1 rings (SSSR count). The summed E-state index contributed by atoms with van der Waals surface area (Å²) in [4.78, 5) is 10.5. The van der Waals surface area contributed by atoms with Crippen LogP contribution in [0.15, 0.2) is 24.3 Å². The molecule has 0 aliphatic rings. The van der Waals surface area contributed by atoms with Crippen LogP contribution in [0.3, 0.4) is 0 Å². The summed E-state index contributed by atoms with van der Waals surface area (Å²) in [5, 5.41) is 30.1. The molecule has 1 atom stereocenters. The number of anilines is 1. The Balaban J connectivity index is 2.67. The molecule has 0 aliphatic carbocycles. The molecule has 0 fully saturated rings. The third-order valence-corrected chi connectivity index (χ3v) is 2.24. The standard InChI is InChI=1S/C12H14N2O3/c1-12(17,6-11(15)16)8-14-10-5-3-2-4-9(10)7-13/h2-5,14,17H,6,8H2,1H3,(H,15,16). The van der Waals surface area contributed by atoms with Gasteiger partial charge in [-0.05, 0) is 19.1 Å². The number of carboxylic acids is 1. The highest BCUT2D eigenvalue weighted by Gasteiger charge is 2.24. The van der Waals surface area contributed by atoms with E-state index in [1.165, 1.54) is 6.92 Å². The van der Waals surface area contributed by atoms with Gasteiger partial charge in [0.15, 0.2) is 0 Å². The average Bonchev–Trinajstić information content (AvgIpc) is 2.25. The van der Waals surface area contributed by atoms with Crippen LogP contribution in [0.5, 0.6) is 0 Å². The zero-order valence-corrected chi connectivity index (χ0v) is 9.47. The second kappa shape index (κ2) is 5.32. The van der Waals surface area contributed by atoms with Gasteiger partial charge in [-0.25, -0.2) is 0 Å². The highest BCUT2D eigenvalue weighted by atomic mass is 16.4. The molecule has 0 saturated heterocycles. The lowest BCUT2D eigenvalue weighted by Gasteiger charge is -2.22. The van der Waals surface area contributed by atoms with Crippen LogP contribution in [0.1, 0.15) is 18.9 Å². The van der Waals surface area contributed by atoms with Crippen molar-refractivity contribution >= 4 is 11.7 Å². The van der Waals surface area contributed by atoms with E-state index < -0.39 is 11.6 Å². The number of nitrogens with one attached hydrogen (secondary N) is 1. The van der Waals surface area contributed by atoms with E-state index in [-0.39, 0.29) is 13.0 Å². The van der Waals surface area contributed by atoms with Crippen LogP contribution in [0.2, 0.25) is 0 Å². The summed E-state index contributed by atoms with van der Waals surface area (Å²) < 4.78 is 0. The molecule has 0 radical (unpaired) electrons. The fourth-order valence-corrected chi connectivity index (χ4v) is 1.41. The first kappa shape index (κ1) is 13.0. The maximum absolute atomic E-state index is 10.5. The summed E-state index contributed by atoms with van der Waals surface area (Å²) in [5.41, 5.74) is -0.312. The van der Waals surface area contributed by atoms with Crippen LogP contribution in [0.25, 0.3) is 0 Å². The molecule has 17 heavy (non-hydrogen) atoms. The Hall–Kier alpha value is -2.06. The molecule has 3 N–H and O–H groups in total. The highest BCUT2D eigenvalue weighted by Crippen LogP contribution is 2.16. The van der Waals surface area contributed by atoms with Crippen molar-refractivity contribution in [3.8, 4) is 6.07 Å². The van der Waals surface area contributed by atoms with Crippen LogP contribution in [-0.4, -0.2) is 28.3 Å². The number of benzene rings is 1. The van der Waals surface area contributed by atoms with E-state index in [2.05, 4.69) is 5.32 Å². The second-order valence-electron chi connectivity index (χ2n) is 4.08. The van der Waals surface area contributed by atoms with Gasteiger partial charge in [0, 0.05) is 6.54 Å². The topological polar surface area (TPSA) is 93.4 Å². The molecule has 1 aromatic rings. The van der Waals surface area contributed by atoms with Gasteiger partial charge in [-0.1, -0.05) is 12.1 Å². The molecule has 0 aliphatic heterocycles. The van der Waals surface area contributed by atoms with Crippen molar-refractivity contribution in [2.24, 2.45) is 0 Å². The van der Waals surface area contributed by atoms with E-state index in [9.17, 15) is 9.90 Å². The highest BCUT2D eigenvalue weighted by molar-refractivity contribution is 5.68. The van der Waals surface area contributed by atoms with Crippen LogP contribution < -0.4 is 5.32 Å². The van der Waals surface area contributed by atoms with E-state index in [1.807, 2.05) is 6.07 Å². The summed E-state index contributed by atoms with van der Waals surface area (Å²) in [6, 6.07) is 8.86. The number of rotatable bonds is 5. The van der Waals surface area contributed by atoms with Gasteiger partial charge in [-0.2, -0.15) is 5.26 Å². The Labute approximate surface area is 99.3 Å². The van der Waals surface area contributed by atoms with E-state index in [4.69, 9.17) is 10.4 Å². The van der Waals surface area contributed by atoms with Gasteiger partial charge in [0.05, 0.1) is 23.3 Å². The van der Waals surface area contributed by atoms with E-state index in [0.717, 1.165) is 0 Å². The Morgan fingerprint density at radius 1 is 1.53 bits per heavy atom. The smallest absolute Gasteiger partial charge is 0.306 e. The molecule has 0 saturated carbocycles. The van der Waals surface area contributed by atoms with Gasteiger partial charge >= 0.3 is 5.97 Å². The summed E-state index contributed by atoms with van der Waals surface area (Å²) in [7, 11) is 0. The minimum absolute atomic E-state index is 0.0675. The largest absolute Gasteiger partial charge is 0.481 e. The number of nitrogens with zero attached hydrogens (tertiary/aromatic N) is 1. The number of aliphatic hydroxyl groups is 1. The Morgan fingerprint density at radius 3 is 2.76 bits per heavy atom. The molecule has 0 bridgehead atoms. The molecular weight excluding hydrogens is 220 g/mol. The fourth-order valence-electron chi connectivity index (χ4n) is 1.41. The van der Waals surface area contributed by atoms with Gasteiger partial charge < -0.3 is 15.5 Å². The lowest BCUT2D eigenvalue weighted by Crippen LogP contribution is -2.36. The van der Waals surface area contributed by atoms with Crippen LogP contribution >= 0.6 is 0 Å². The zero-order valence-electron chi connectivity index (χ0n) is 9.47. The number of nitriles is 1. The maximum atomic E-state index is 10.5. The minimum atomic E-state index is -1.35. The molecule has 1 aromatic carbocycles. The Morgan fingerprint density at radius 2 is 2.18 bits per heavy atom. The van der Waals surface area contributed by atoms with E-state index in [1.54, 1.807) is 24.3 Å². The van der Waals surface area contributed by atoms with E-state index in [0.29, 0.717) is 11.3 Å². The summed E-state index contributed by atoms with van der Waals surface area (Å²) in [6.45, 7) is 1.50. The van der Waals surface area contributed by atoms with Crippen LogP contribution in [-0.2, 0) is 4.79 Å². The molecule has 1 unspecified atom stereocenters. The third-order valence-electron chi connectivity index (χ3n) is 2.24. The first-order valence-corrected chi connectivity index (χ1v) is 5.12. The van der Waals surface area contributed by atoms with Crippen molar-refractivity contribution in [3.05, 3.63) is 29.8 Å². The van der Waals surface area contributed by atoms with Crippen molar-refractivity contribution in [3.63, 3.8) is 0 Å². The number of aliphatic carboxylic acids is 1. The lowest BCUT2D eigenvalue weighted by atomic mass is 10.0. The van der Waals surface area contributed by atoms with Crippen molar-refractivity contribution in [2.75, 3.05) is 11.9 Å². The number of hydrogen-bond donors (Lipinski definition) is 3. The van der Waals surface area contributed by atoms with E-state index >= 15 is 0 Å². The molecule has 0 amide bonds.